The van der Waals surface area contributed by atoms with Gasteiger partial charge in [0.15, 0.2) is 5.82 Å². The number of nitrogens with one attached hydrogen (secondary N) is 3. The summed E-state index contributed by atoms with van der Waals surface area (Å²) in [6, 6.07) is 10.0. The van der Waals surface area contributed by atoms with Crippen LogP contribution in [0.2, 0.25) is 0 Å². The topological polar surface area (TPSA) is 106 Å². The van der Waals surface area contributed by atoms with E-state index >= 15 is 0 Å². The predicted molar refractivity (Wildman–Crippen MR) is 104 cm³/mol. The molecule has 0 atom stereocenters. The highest BCUT2D eigenvalue weighted by Gasteiger charge is 2.17. The van der Waals surface area contributed by atoms with Crippen LogP contribution in [0.3, 0.4) is 0 Å². The van der Waals surface area contributed by atoms with E-state index in [1.807, 2.05) is 0 Å². The summed E-state index contributed by atoms with van der Waals surface area (Å²) in [5.74, 6) is -1.22. The molecule has 0 aliphatic heterocycles. The number of benzene rings is 2. The Hall–Kier alpha value is -3.62. The van der Waals surface area contributed by atoms with Crippen LogP contribution in [-0.2, 0) is 9.53 Å². The minimum absolute atomic E-state index is 0.0602. The first-order chi connectivity index (χ1) is 13.5. The SMILES string of the molecule is CC(=O)NNC(=O)c1cccc(Oc2ccc(NC(=O)OC(C)(C)C)c(F)c2)c1. The quantitative estimate of drug-likeness (QED) is 0.675. The van der Waals surface area contributed by atoms with Gasteiger partial charge < -0.3 is 9.47 Å². The summed E-state index contributed by atoms with van der Waals surface area (Å²) >= 11 is 0. The van der Waals surface area contributed by atoms with Crippen LogP contribution < -0.4 is 20.9 Å². The molecule has 0 fully saturated rings. The van der Waals surface area contributed by atoms with Gasteiger partial charge in [0.05, 0.1) is 5.69 Å². The normalized spacial score (nSPS) is 10.7. The van der Waals surface area contributed by atoms with Gasteiger partial charge in [-0.05, 0) is 51.1 Å². The van der Waals surface area contributed by atoms with Crippen LogP contribution in [0.5, 0.6) is 11.5 Å². The Kier molecular flexibility index (Phi) is 6.76. The second-order valence-corrected chi connectivity index (χ2v) is 7.03. The van der Waals surface area contributed by atoms with E-state index in [9.17, 15) is 18.8 Å². The summed E-state index contributed by atoms with van der Waals surface area (Å²) in [4.78, 5) is 34.6. The van der Waals surface area contributed by atoms with Crippen molar-refractivity contribution in [1.29, 1.82) is 0 Å². The van der Waals surface area contributed by atoms with Crippen molar-refractivity contribution >= 4 is 23.6 Å². The van der Waals surface area contributed by atoms with Crippen LogP contribution in [0.1, 0.15) is 38.1 Å². The molecule has 0 saturated heterocycles. The first kappa shape index (κ1) is 21.7. The Morgan fingerprint density at radius 1 is 0.966 bits per heavy atom. The number of hydrazine groups is 1. The van der Waals surface area contributed by atoms with Crippen LogP contribution in [-0.4, -0.2) is 23.5 Å². The lowest BCUT2D eigenvalue weighted by Gasteiger charge is -2.19. The molecule has 0 aliphatic rings. The number of hydrogen-bond donors (Lipinski definition) is 3. The van der Waals surface area contributed by atoms with Gasteiger partial charge in [0.1, 0.15) is 17.1 Å². The van der Waals surface area contributed by atoms with E-state index in [0.29, 0.717) is 0 Å². The maximum Gasteiger partial charge on any atom is 0.412 e. The summed E-state index contributed by atoms with van der Waals surface area (Å²) in [5.41, 5.74) is 3.89. The highest BCUT2D eigenvalue weighted by molar-refractivity contribution is 5.95. The van der Waals surface area contributed by atoms with Crippen molar-refractivity contribution in [3.8, 4) is 11.5 Å². The van der Waals surface area contributed by atoms with Crippen molar-refractivity contribution in [2.24, 2.45) is 0 Å². The van der Waals surface area contributed by atoms with E-state index in [0.717, 1.165) is 6.07 Å². The minimum Gasteiger partial charge on any atom is -0.457 e. The van der Waals surface area contributed by atoms with Crippen LogP contribution >= 0.6 is 0 Å². The van der Waals surface area contributed by atoms with Gasteiger partial charge in [0, 0.05) is 18.6 Å². The number of anilines is 1. The fraction of sp³-hybridized carbons (Fsp3) is 0.250. The Morgan fingerprint density at radius 3 is 2.28 bits per heavy atom. The Labute approximate surface area is 167 Å². The number of rotatable bonds is 4. The standard InChI is InChI=1S/C20H22FN3O5/c1-12(25)23-24-18(26)13-6-5-7-14(10-13)28-15-8-9-17(16(21)11-15)22-19(27)29-20(2,3)4/h5-11H,1-4H3,(H,22,27)(H,23,25)(H,24,26). The molecule has 0 unspecified atom stereocenters. The van der Waals surface area contributed by atoms with Crippen molar-refractivity contribution in [2.45, 2.75) is 33.3 Å². The van der Waals surface area contributed by atoms with Crippen LogP contribution in [0.15, 0.2) is 42.5 Å². The first-order valence-corrected chi connectivity index (χ1v) is 8.68. The smallest absolute Gasteiger partial charge is 0.412 e. The van der Waals surface area contributed by atoms with Gasteiger partial charge in [-0.2, -0.15) is 0 Å². The zero-order valence-corrected chi connectivity index (χ0v) is 16.5. The summed E-state index contributed by atoms with van der Waals surface area (Å²) in [7, 11) is 0. The molecule has 0 spiro atoms. The third-order valence-corrected chi connectivity index (χ3v) is 3.26. The molecule has 154 valence electrons. The summed E-state index contributed by atoms with van der Waals surface area (Å²) in [5, 5.41) is 2.33. The Bertz CT molecular complexity index is 925. The molecule has 0 aromatic heterocycles. The highest BCUT2D eigenvalue weighted by atomic mass is 19.1. The van der Waals surface area contributed by atoms with E-state index in [2.05, 4.69) is 16.2 Å². The van der Waals surface area contributed by atoms with Crippen molar-refractivity contribution in [1.82, 2.24) is 10.9 Å². The van der Waals surface area contributed by atoms with E-state index in [4.69, 9.17) is 9.47 Å². The highest BCUT2D eigenvalue weighted by Crippen LogP contribution is 2.26. The van der Waals surface area contributed by atoms with E-state index in [1.54, 1.807) is 32.9 Å². The molecular formula is C20H22FN3O5. The molecular weight excluding hydrogens is 381 g/mol. The van der Waals surface area contributed by atoms with Gasteiger partial charge in [-0.3, -0.25) is 25.8 Å². The fourth-order valence-electron chi connectivity index (χ4n) is 2.13. The second kappa shape index (κ2) is 9.05. The predicted octanol–water partition coefficient (Wildman–Crippen LogP) is 3.75. The molecule has 2 rings (SSSR count). The van der Waals surface area contributed by atoms with Crippen LogP contribution in [0.25, 0.3) is 0 Å². The zero-order valence-electron chi connectivity index (χ0n) is 16.5. The molecule has 29 heavy (non-hydrogen) atoms. The van der Waals surface area contributed by atoms with E-state index < -0.39 is 29.3 Å². The van der Waals surface area contributed by atoms with Gasteiger partial charge >= 0.3 is 6.09 Å². The molecule has 3 N–H and O–H groups in total. The number of carbonyl (C=O) groups is 3. The van der Waals surface area contributed by atoms with Gasteiger partial charge in [0.2, 0.25) is 5.91 Å². The molecule has 0 radical (unpaired) electrons. The van der Waals surface area contributed by atoms with Crippen molar-refractivity contribution < 1.29 is 28.2 Å². The molecule has 0 heterocycles. The van der Waals surface area contributed by atoms with Crippen molar-refractivity contribution in [3.05, 3.63) is 53.8 Å². The van der Waals surface area contributed by atoms with Crippen molar-refractivity contribution in [2.75, 3.05) is 5.32 Å². The maximum absolute atomic E-state index is 14.3. The van der Waals surface area contributed by atoms with Crippen molar-refractivity contribution in [3.63, 3.8) is 0 Å². The summed E-state index contributed by atoms with van der Waals surface area (Å²) < 4.78 is 24.9. The average molecular weight is 403 g/mol. The van der Waals surface area contributed by atoms with E-state index in [1.165, 1.54) is 31.2 Å². The third kappa shape index (κ3) is 7.13. The number of ether oxygens (including phenoxy) is 2. The number of halogens is 1. The molecule has 8 nitrogen and oxygen atoms in total. The molecule has 0 saturated carbocycles. The zero-order chi connectivity index (χ0) is 21.6. The minimum atomic E-state index is -0.775. The lowest BCUT2D eigenvalue weighted by Crippen LogP contribution is -2.40. The number of amides is 3. The molecule has 0 bridgehead atoms. The van der Waals surface area contributed by atoms with Gasteiger partial charge in [0.25, 0.3) is 5.91 Å². The van der Waals surface area contributed by atoms with Crippen LogP contribution in [0.4, 0.5) is 14.9 Å². The number of hydrogen-bond acceptors (Lipinski definition) is 5. The lowest BCUT2D eigenvalue weighted by molar-refractivity contribution is -0.119. The van der Waals surface area contributed by atoms with E-state index in [-0.39, 0.29) is 22.7 Å². The molecule has 2 aromatic rings. The van der Waals surface area contributed by atoms with Gasteiger partial charge in [-0.25, -0.2) is 9.18 Å². The Morgan fingerprint density at radius 2 is 1.66 bits per heavy atom. The lowest BCUT2D eigenvalue weighted by atomic mass is 10.2. The van der Waals surface area contributed by atoms with Crippen LogP contribution in [0, 0.1) is 5.82 Å². The first-order valence-electron chi connectivity index (χ1n) is 8.68. The molecule has 0 aliphatic carbocycles. The Balaban J connectivity index is 2.06. The largest absolute Gasteiger partial charge is 0.457 e. The monoisotopic (exact) mass is 403 g/mol. The van der Waals surface area contributed by atoms with Gasteiger partial charge in [-0.1, -0.05) is 6.07 Å². The second-order valence-electron chi connectivity index (χ2n) is 7.03. The average Bonchev–Trinajstić information content (AvgIpc) is 2.60. The maximum atomic E-state index is 14.3. The fourth-order valence-corrected chi connectivity index (χ4v) is 2.13. The molecule has 9 heteroatoms. The summed E-state index contributed by atoms with van der Waals surface area (Å²) in [6.45, 7) is 6.36. The van der Waals surface area contributed by atoms with Gasteiger partial charge in [-0.15, -0.1) is 0 Å². The third-order valence-electron chi connectivity index (χ3n) is 3.26. The molecule has 2 aromatic carbocycles. The number of carbonyl (C=O) groups excluding carboxylic acids is 3. The molecule has 3 amide bonds. The summed E-state index contributed by atoms with van der Waals surface area (Å²) in [6.07, 6.45) is -0.775.